The molecule has 1 saturated heterocycles. The molecule has 9 heteroatoms. The topological polar surface area (TPSA) is 87.3 Å². The maximum absolute atomic E-state index is 12.7. The number of nitrogens with one attached hydrogen (secondary N) is 3. The molecule has 1 fully saturated rings. The summed E-state index contributed by atoms with van der Waals surface area (Å²) in [6.07, 6.45) is -4.45. The van der Waals surface area contributed by atoms with Gasteiger partial charge in [-0.1, -0.05) is 30.3 Å². The number of carbonyl (C=O) groups is 3. The molecule has 1 aliphatic heterocycles. The maximum atomic E-state index is 12.7. The van der Waals surface area contributed by atoms with Crippen LogP contribution in [0.1, 0.15) is 22.8 Å². The number of carbonyl (C=O) groups excluding carboxylic acids is 3. The summed E-state index contributed by atoms with van der Waals surface area (Å²) in [5.74, 6) is -1.08. The molecule has 1 atom stereocenters. The van der Waals surface area contributed by atoms with Gasteiger partial charge in [0.25, 0.3) is 11.8 Å². The van der Waals surface area contributed by atoms with Crippen LogP contribution in [0.5, 0.6) is 0 Å². The van der Waals surface area contributed by atoms with E-state index in [0.717, 1.165) is 12.1 Å². The normalized spacial score (nSPS) is 19.1. The second-order valence-electron chi connectivity index (χ2n) is 6.54. The highest BCUT2D eigenvalue weighted by atomic mass is 19.4. The molecule has 28 heavy (non-hydrogen) atoms. The first-order chi connectivity index (χ1) is 13.1. The molecule has 0 aromatic heterocycles. The first kappa shape index (κ1) is 19.4. The van der Waals surface area contributed by atoms with E-state index in [1.54, 1.807) is 18.2 Å². The fourth-order valence-corrected chi connectivity index (χ4v) is 2.83. The van der Waals surface area contributed by atoms with Crippen LogP contribution in [0.15, 0.2) is 48.5 Å². The Balaban J connectivity index is 1.81. The van der Waals surface area contributed by atoms with E-state index in [2.05, 4.69) is 16.0 Å². The van der Waals surface area contributed by atoms with Crippen molar-refractivity contribution >= 4 is 17.8 Å². The predicted molar refractivity (Wildman–Crippen MR) is 94.3 cm³/mol. The zero-order chi connectivity index (χ0) is 20.5. The first-order valence-electron chi connectivity index (χ1n) is 8.29. The van der Waals surface area contributed by atoms with E-state index in [1.807, 2.05) is 0 Å². The number of halogens is 3. The van der Waals surface area contributed by atoms with E-state index in [9.17, 15) is 27.6 Å². The molecule has 0 radical (unpaired) electrons. The van der Waals surface area contributed by atoms with E-state index in [4.69, 9.17) is 0 Å². The number of imide groups is 1. The van der Waals surface area contributed by atoms with Gasteiger partial charge in [-0.05, 0) is 36.2 Å². The number of rotatable bonds is 4. The minimum atomic E-state index is -4.45. The zero-order valence-corrected chi connectivity index (χ0v) is 14.7. The highest BCUT2D eigenvalue weighted by molar-refractivity contribution is 6.07. The van der Waals surface area contributed by atoms with Gasteiger partial charge in [-0.25, -0.2) is 4.79 Å². The van der Waals surface area contributed by atoms with Gasteiger partial charge in [0.15, 0.2) is 0 Å². The molecular weight excluding hydrogens is 375 g/mol. The van der Waals surface area contributed by atoms with Crippen molar-refractivity contribution in [3.05, 3.63) is 59.7 Å². The SMILES string of the molecule is C[C@]1(CNC(=O)c2ccccc2-c2ccc(C(F)(F)F)cc2)NC(=O)NC1=O. The van der Waals surface area contributed by atoms with Crippen LogP contribution in [0, 0.1) is 0 Å². The molecule has 3 N–H and O–H groups in total. The van der Waals surface area contributed by atoms with Crippen molar-refractivity contribution in [1.29, 1.82) is 0 Å². The summed E-state index contributed by atoms with van der Waals surface area (Å²) in [5.41, 5.74) is -0.948. The van der Waals surface area contributed by atoms with Gasteiger partial charge in [0.1, 0.15) is 5.54 Å². The predicted octanol–water partition coefficient (Wildman–Crippen LogP) is 2.70. The summed E-state index contributed by atoms with van der Waals surface area (Å²) in [7, 11) is 0. The van der Waals surface area contributed by atoms with E-state index in [0.29, 0.717) is 11.1 Å². The Bertz CT molecular complexity index is 941. The molecule has 6 nitrogen and oxygen atoms in total. The smallest absolute Gasteiger partial charge is 0.349 e. The summed E-state index contributed by atoms with van der Waals surface area (Å²) in [6, 6.07) is 10.3. The third-order valence-electron chi connectivity index (χ3n) is 4.42. The van der Waals surface area contributed by atoms with E-state index >= 15 is 0 Å². The van der Waals surface area contributed by atoms with Gasteiger partial charge < -0.3 is 10.6 Å². The Morgan fingerprint density at radius 1 is 1.07 bits per heavy atom. The van der Waals surface area contributed by atoms with Crippen LogP contribution in [-0.4, -0.2) is 29.9 Å². The number of hydrogen-bond acceptors (Lipinski definition) is 3. The van der Waals surface area contributed by atoms with E-state index in [1.165, 1.54) is 25.1 Å². The third-order valence-corrected chi connectivity index (χ3v) is 4.42. The van der Waals surface area contributed by atoms with Crippen LogP contribution >= 0.6 is 0 Å². The van der Waals surface area contributed by atoms with Crippen molar-refractivity contribution in [2.75, 3.05) is 6.54 Å². The maximum Gasteiger partial charge on any atom is 0.416 e. The van der Waals surface area contributed by atoms with Gasteiger partial charge in [-0.3, -0.25) is 14.9 Å². The van der Waals surface area contributed by atoms with Gasteiger partial charge >= 0.3 is 12.2 Å². The zero-order valence-electron chi connectivity index (χ0n) is 14.7. The standard InChI is InChI=1S/C19H16F3N3O3/c1-18(16(27)24-17(28)25-18)10-23-15(26)14-5-3-2-4-13(14)11-6-8-12(9-7-11)19(20,21)22/h2-9H,10H2,1H3,(H,23,26)(H2,24,25,27,28)/t18-/m1/s1. The van der Waals surface area contributed by atoms with E-state index in [-0.39, 0.29) is 12.1 Å². The average Bonchev–Trinajstić information content (AvgIpc) is 2.91. The van der Waals surface area contributed by atoms with Crippen LogP contribution < -0.4 is 16.0 Å². The number of urea groups is 1. The Hall–Kier alpha value is -3.36. The number of amides is 4. The molecule has 0 saturated carbocycles. The lowest BCUT2D eigenvalue weighted by atomic mass is 9.97. The lowest BCUT2D eigenvalue weighted by molar-refractivity contribution is -0.137. The Labute approximate surface area is 158 Å². The lowest BCUT2D eigenvalue weighted by Crippen LogP contribution is -2.52. The van der Waals surface area contributed by atoms with Crippen LogP contribution in [-0.2, 0) is 11.0 Å². The number of benzene rings is 2. The average molecular weight is 391 g/mol. The van der Waals surface area contributed by atoms with Gasteiger partial charge in [0.05, 0.1) is 5.56 Å². The fraction of sp³-hybridized carbons (Fsp3) is 0.211. The van der Waals surface area contributed by atoms with Gasteiger partial charge in [0, 0.05) is 12.1 Å². The molecule has 1 aliphatic rings. The van der Waals surface area contributed by atoms with Crippen molar-refractivity contribution in [3.63, 3.8) is 0 Å². The summed E-state index contributed by atoms with van der Waals surface area (Å²) in [4.78, 5) is 35.7. The minimum Gasteiger partial charge on any atom is -0.349 e. The quantitative estimate of drug-likeness (QED) is 0.701. The highest BCUT2D eigenvalue weighted by Crippen LogP contribution is 2.31. The Kier molecular flexibility index (Phi) is 4.84. The molecule has 2 aromatic carbocycles. The lowest BCUT2D eigenvalue weighted by Gasteiger charge is -2.21. The Morgan fingerprint density at radius 3 is 2.29 bits per heavy atom. The Morgan fingerprint density at radius 2 is 1.71 bits per heavy atom. The molecule has 1 heterocycles. The molecule has 0 unspecified atom stereocenters. The molecule has 0 spiro atoms. The van der Waals surface area contributed by atoms with Gasteiger partial charge in [-0.15, -0.1) is 0 Å². The molecule has 2 aromatic rings. The van der Waals surface area contributed by atoms with Crippen molar-refractivity contribution in [2.24, 2.45) is 0 Å². The van der Waals surface area contributed by atoms with Crippen LogP contribution in [0.3, 0.4) is 0 Å². The van der Waals surface area contributed by atoms with Crippen molar-refractivity contribution < 1.29 is 27.6 Å². The molecule has 0 bridgehead atoms. The van der Waals surface area contributed by atoms with E-state index < -0.39 is 35.1 Å². The second kappa shape index (κ2) is 6.99. The molecule has 4 amide bonds. The first-order valence-corrected chi connectivity index (χ1v) is 8.29. The van der Waals surface area contributed by atoms with Crippen molar-refractivity contribution in [1.82, 2.24) is 16.0 Å². The molecule has 3 rings (SSSR count). The van der Waals surface area contributed by atoms with Gasteiger partial charge in [-0.2, -0.15) is 13.2 Å². The minimum absolute atomic E-state index is 0.148. The summed E-state index contributed by atoms with van der Waals surface area (Å²) >= 11 is 0. The summed E-state index contributed by atoms with van der Waals surface area (Å²) in [6.45, 7) is 1.32. The summed E-state index contributed by atoms with van der Waals surface area (Å²) in [5, 5.41) is 7.11. The fourth-order valence-electron chi connectivity index (χ4n) is 2.83. The third kappa shape index (κ3) is 3.83. The number of alkyl halides is 3. The molecule has 146 valence electrons. The second-order valence-corrected chi connectivity index (χ2v) is 6.54. The summed E-state index contributed by atoms with van der Waals surface area (Å²) < 4.78 is 38.2. The highest BCUT2D eigenvalue weighted by Gasteiger charge is 2.42. The molecular formula is C19H16F3N3O3. The van der Waals surface area contributed by atoms with Crippen LogP contribution in [0.25, 0.3) is 11.1 Å². The largest absolute Gasteiger partial charge is 0.416 e. The van der Waals surface area contributed by atoms with Crippen molar-refractivity contribution in [2.45, 2.75) is 18.6 Å². The van der Waals surface area contributed by atoms with Crippen molar-refractivity contribution in [3.8, 4) is 11.1 Å². The monoisotopic (exact) mass is 391 g/mol. The number of hydrogen-bond donors (Lipinski definition) is 3. The molecule has 0 aliphatic carbocycles. The van der Waals surface area contributed by atoms with Gasteiger partial charge in [0.2, 0.25) is 0 Å². The van der Waals surface area contributed by atoms with Crippen LogP contribution in [0.2, 0.25) is 0 Å². The van der Waals surface area contributed by atoms with Crippen LogP contribution in [0.4, 0.5) is 18.0 Å².